The molecule has 1 aliphatic heterocycles. The number of thiophene rings is 1. The van der Waals surface area contributed by atoms with Crippen LogP contribution in [0.25, 0.3) is 0 Å². The zero-order chi connectivity index (χ0) is 13.4. The number of amides is 1. The summed E-state index contributed by atoms with van der Waals surface area (Å²) in [6.45, 7) is 3.17. The highest BCUT2D eigenvalue weighted by Crippen LogP contribution is 2.34. The maximum atomic E-state index is 12.7. The third kappa shape index (κ3) is 2.32. The van der Waals surface area contributed by atoms with Crippen molar-refractivity contribution in [3.63, 3.8) is 0 Å². The van der Waals surface area contributed by atoms with E-state index in [1.165, 1.54) is 16.9 Å². The van der Waals surface area contributed by atoms with E-state index in [0.717, 1.165) is 43.7 Å². The predicted molar refractivity (Wildman–Crippen MR) is 76.7 cm³/mol. The van der Waals surface area contributed by atoms with E-state index in [-0.39, 0.29) is 18.6 Å². The molecule has 1 aliphatic carbocycles. The van der Waals surface area contributed by atoms with Crippen molar-refractivity contribution in [2.75, 3.05) is 13.2 Å². The van der Waals surface area contributed by atoms with Crippen LogP contribution < -0.4 is 0 Å². The van der Waals surface area contributed by atoms with Crippen molar-refractivity contribution in [1.29, 1.82) is 0 Å². The lowest BCUT2D eigenvalue weighted by atomic mass is 9.88. The number of carbonyl (C=O) groups is 1. The van der Waals surface area contributed by atoms with Gasteiger partial charge in [-0.1, -0.05) is 6.92 Å². The summed E-state index contributed by atoms with van der Waals surface area (Å²) in [4.78, 5) is 15.9. The van der Waals surface area contributed by atoms with E-state index in [0.29, 0.717) is 0 Å². The van der Waals surface area contributed by atoms with E-state index in [4.69, 9.17) is 0 Å². The van der Waals surface area contributed by atoms with Crippen LogP contribution in [0.15, 0.2) is 5.38 Å². The molecule has 1 amide bonds. The van der Waals surface area contributed by atoms with E-state index in [1.807, 2.05) is 10.3 Å². The molecule has 0 saturated carbocycles. The van der Waals surface area contributed by atoms with E-state index in [9.17, 15) is 9.90 Å². The van der Waals surface area contributed by atoms with Crippen LogP contribution in [-0.4, -0.2) is 35.1 Å². The van der Waals surface area contributed by atoms with Gasteiger partial charge in [0, 0.05) is 16.8 Å². The lowest BCUT2D eigenvalue weighted by Gasteiger charge is -2.24. The zero-order valence-corrected chi connectivity index (χ0v) is 12.2. The fourth-order valence-electron chi connectivity index (χ4n) is 3.30. The molecule has 0 spiro atoms. The minimum atomic E-state index is 0.0329. The summed E-state index contributed by atoms with van der Waals surface area (Å²) < 4.78 is 0. The number of aliphatic hydroxyl groups excluding tert-OH is 1. The molecule has 3 nitrogen and oxygen atoms in total. The summed E-state index contributed by atoms with van der Waals surface area (Å²) >= 11 is 1.74. The number of rotatable bonds is 2. The van der Waals surface area contributed by atoms with Gasteiger partial charge in [-0.05, 0) is 43.6 Å². The number of aliphatic hydroxyl groups is 1. The Balaban J connectivity index is 1.85. The molecule has 0 radical (unpaired) electrons. The van der Waals surface area contributed by atoms with Crippen molar-refractivity contribution < 1.29 is 9.90 Å². The molecule has 3 rings (SSSR count). The Bertz CT molecular complexity index is 482. The minimum absolute atomic E-state index is 0.0329. The first-order chi connectivity index (χ1) is 9.20. The second kappa shape index (κ2) is 5.25. The number of carbonyl (C=O) groups excluding carboxylic acids is 1. The molecular formula is C15H21NO2S. The van der Waals surface area contributed by atoms with Gasteiger partial charge in [0.2, 0.25) is 0 Å². The van der Waals surface area contributed by atoms with Crippen LogP contribution in [0.2, 0.25) is 0 Å². The molecule has 2 heterocycles. The van der Waals surface area contributed by atoms with E-state index < -0.39 is 0 Å². The fourth-order valence-corrected chi connectivity index (χ4v) is 4.54. The SMILES string of the molecule is CC1CCc2c(C(=O)N3CCC[C@@H]3CO)csc2C1. The number of likely N-dealkylation sites (tertiary alicyclic amines) is 1. The monoisotopic (exact) mass is 279 g/mol. The maximum absolute atomic E-state index is 12.7. The minimum Gasteiger partial charge on any atom is -0.394 e. The van der Waals surface area contributed by atoms with Crippen LogP contribution in [-0.2, 0) is 12.8 Å². The number of nitrogens with zero attached hydrogens (tertiary/aromatic N) is 1. The normalized spacial score (nSPS) is 26.5. The highest BCUT2D eigenvalue weighted by Gasteiger charge is 2.32. The van der Waals surface area contributed by atoms with Gasteiger partial charge in [-0.15, -0.1) is 11.3 Å². The largest absolute Gasteiger partial charge is 0.394 e. The molecule has 0 bridgehead atoms. The summed E-state index contributed by atoms with van der Waals surface area (Å²) in [7, 11) is 0. The molecule has 0 aromatic carbocycles. The van der Waals surface area contributed by atoms with Crippen molar-refractivity contribution in [3.05, 3.63) is 21.4 Å². The summed E-state index contributed by atoms with van der Waals surface area (Å²) in [5.74, 6) is 0.884. The molecule has 1 fully saturated rings. The first-order valence-electron chi connectivity index (χ1n) is 7.21. The summed E-state index contributed by atoms with van der Waals surface area (Å²) in [6.07, 6.45) is 5.30. The third-order valence-corrected chi connectivity index (χ3v) is 5.53. The number of hydrogen-bond donors (Lipinski definition) is 1. The summed E-state index contributed by atoms with van der Waals surface area (Å²) in [5.41, 5.74) is 2.20. The quantitative estimate of drug-likeness (QED) is 0.903. The lowest BCUT2D eigenvalue weighted by Crippen LogP contribution is -2.38. The first kappa shape index (κ1) is 13.1. The standard InChI is InChI=1S/C15H21NO2S/c1-10-4-5-12-13(9-19-14(12)7-10)15(18)16-6-2-3-11(16)8-17/h9-11,17H,2-8H2,1H3/t10?,11-/m1/s1. The van der Waals surface area contributed by atoms with Crippen LogP contribution in [0, 0.1) is 5.92 Å². The highest BCUT2D eigenvalue weighted by atomic mass is 32.1. The molecule has 1 aromatic rings. The van der Waals surface area contributed by atoms with Gasteiger partial charge in [0.25, 0.3) is 5.91 Å². The number of fused-ring (bicyclic) bond motifs is 1. The van der Waals surface area contributed by atoms with Gasteiger partial charge in [-0.2, -0.15) is 0 Å². The van der Waals surface area contributed by atoms with Gasteiger partial charge in [0.15, 0.2) is 0 Å². The Hall–Kier alpha value is -0.870. The smallest absolute Gasteiger partial charge is 0.255 e. The van der Waals surface area contributed by atoms with Crippen LogP contribution >= 0.6 is 11.3 Å². The Kier molecular flexibility index (Phi) is 3.63. The summed E-state index contributed by atoms with van der Waals surface area (Å²) in [6, 6.07) is 0.0329. The fraction of sp³-hybridized carbons (Fsp3) is 0.667. The van der Waals surface area contributed by atoms with E-state index in [1.54, 1.807) is 11.3 Å². The van der Waals surface area contributed by atoms with Crippen LogP contribution in [0.1, 0.15) is 47.0 Å². The Morgan fingerprint density at radius 1 is 1.53 bits per heavy atom. The Labute approximate surface area is 118 Å². The van der Waals surface area contributed by atoms with E-state index in [2.05, 4.69) is 6.92 Å². The lowest BCUT2D eigenvalue weighted by molar-refractivity contribution is 0.0676. The Morgan fingerprint density at radius 3 is 3.16 bits per heavy atom. The van der Waals surface area contributed by atoms with E-state index >= 15 is 0 Å². The van der Waals surface area contributed by atoms with Crippen LogP contribution in [0.5, 0.6) is 0 Å². The maximum Gasteiger partial charge on any atom is 0.255 e. The molecule has 1 aromatic heterocycles. The van der Waals surface area contributed by atoms with Crippen molar-refractivity contribution in [2.45, 2.75) is 45.1 Å². The molecule has 2 atom stereocenters. The molecule has 104 valence electrons. The molecule has 4 heteroatoms. The predicted octanol–water partition coefficient (Wildman–Crippen LogP) is 2.47. The molecule has 19 heavy (non-hydrogen) atoms. The van der Waals surface area contributed by atoms with Crippen molar-refractivity contribution in [1.82, 2.24) is 4.90 Å². The van der Waals surface area contributed by atoms with Gasteiger partial charge in [0.05, 0.1) is 18.2 Å². The number of hydrogen-bond acceptors (Lipinski definition) is 3. The topological polar surface area (TPSA) is 40.5 Å². The first-order valence-corrected chi connectivity index (χ1v) is 8.09. The average Bonchev–Trinajstić information content (AvgIpc) is 3.03. The molecule has 1 unspecified atom stereocenters. The van der Waals surface area contributed by atoms with Gasteiger partial charge in [-0.25, -0.2) is 0 Å². The molecule has 1 saturated heterocycles. The van der Waals surface area contributed by atoms with Crippen molar-refractivity contribution in [2.24, 2.45) is 5.92 Å². The van der Waals surface area contributed by atoms with Gasteiger partial charge in [0.1, 0.15) is 0 Å². The molecular weight excluding hydrogens is 258 g/mol. The third-order valence-electron chi connectivity index (χ3n) is 4.48. The zero-order valence-electron chi connectivity index (χ0n) is 11.4. The van der Waals surface area contributed by atoms with Gasteiger partial charge >= 0.3 is 0 Å². The van der Waals surface area contributed by atoms with Gasteiger partial charge in [-0.3, -0.25) is 4.79 Å². The molecule has 1 N–H and O–H groups in total. The van der Waals surface area contributed by atoms with Crippen LogP contribution in [0.4, 0.5) is 0 Å². The average molecular weight is 279 g/mol. The van der Waals surface area contributed by atoms with Crippen LogP contribution in [0.3, 0.4) is 0 Å². The van der Waals surface area contributed by atoms with Gasteiger partial charge < -0.3 is 10.0 Å². The highest BCUT2D eigenvalue weighted by molar-refractivity contribution is 7.10. The van der Waals surface area contributed by atoms with Crippen molar-refractivity contribution >= 4 is 17.2 Å². The second-order valence-electron chi connectivity index (χ2n) is 5.88. The molecule has 2 aliphatic rings. The van der Waals surface area contributed by atoms with Crippen molar-refractivity contribution in [3.8, 4) is 0 Å². The Morgan fingerprint density at radius 2 is 2.37 bits per heavy atom. The second-order valence-corrected chi connectivity index (χ2v) is 6.84. The summed E-state index contributed by atoms with van der Waals surface area (Å²) in [5, 5.41) is 11.4.